The van der Waals surface area contributed by atoms with Crippen LogP contribution in [0.15, 0.2) is 64.8 Å². The Labute approximate surface area is 152 Å². The summed E-state index contributed by atoms with van der Waals surface area (Å²) in [6, 6.07) is 16.3. The Bertz CT molecular complexity index is 743. The number of nitrogens with zero attached hydrogens (tertiary/aromatic N) is 2. The fraction of sp³-hybridized carbons (Fsp3) is 0.263. The molecule has 0 aliphatic heterocycles. The van der Waals surface area contributed by atoms with Gasteiger partial charge >= 0.3 is 6.09 Å². The van der Waals surface area contributed by atoms with Gasteiger partial charge in [-0.15, -0.1) is 0 Å². The molecule has 0 saturated heterocycles. The SMILES string of the molecule is CC(C)COC(=O)NCC(=O)Nc1ccc(N=Nc2ccccc2)cc1. The van der Waals surface area contributed by atoms with Gasteiger partial charge in [0.15, 0.2) is 0 Å². The second-order valence-electron chi connectivity index (χ2n) is 5.98. The predicted octanol–water partition coefficient (Wildman–Crippen LogP) is 4.42. The standard InChI is InChI=1S/C19H22N4O3/c1-14(2)13-26-19(25)20-12-18(24)21-15-8-10-17(11-9-15)23-22-16-6-4-3-5-7-16/h3-11,14H,12-13H2,1-2H3,(H,20,25)(H,21,24). The van der Waals surface area contributed by atoms with Crippen LogP contribution < -0.4 is 10.6 Å². The highest BCUT2D eigenvalue weighted by molar-refractivity contribution is 5.93. The first-order valence-corrected chi connectivity index (χ1v) is 8.30. The van der Waals surface area contributed by atoms with Gasteiger partial charge in [0.2, 0.25) is 5.91 Å². The van der Waals surface area contributed by atoms with Gasteiger partial charge in [-0.2, -0.15) is 10.2 Å². The minimum atomic E-state index is -0.606. The van der Waals surface area contributed by atoms with Crippen molar-refractivity contribution in [1.82, 2.24) is 5.32 Å². The summed E-state index contributed by atoms with van der Waals surface area (Å²) in [4.78, 5) is 23.2. The van der Waals surface area contributed by atoms with Crippen LogP contribution in [0.2, 0.25) is 0 Å². The van der Waals surface area contributed by atoms with Gasteiger partial charge in [0.25, 0.3) is 0 Å². The van der Waals surface area contributed by atoms with Gasteiger partial charge in [0, 0.05) is 5.69 Å². The third kappa shape index (κ3) is 7.12. The zero-order chi connectivity index (χ0) is 18.8. The van der Waals surface area contributed by atoms with E-state index in [0.717, 1.165) is 5.69 Å². The molecule has 26 heavy (non-hydrogen) atoms. The molecule has 0 saturated carbocycles. The summed E-state index contributed by atoms with van der Waals surface area (Å²) in [6.45, 7) is 4.02. The number of ether oxygens (including phenoxy) is 1. The maximum Gasteiger partial charge on any atom is 0.407 e. The maximum absolute atomic E-state index is 11.8. The number of amides is 2. The molecule has 0 bridgehead atoms. The topological polar surface area (TPSA) is 92.1 Å². The molecule has 0 unspecified atom stereocenters. The summed E-state index contributed by atoms with van der Waals surface area (Å²) in [5.41, 5.74) is 2.04. The van der Waals surface area contributed by atoms with Crippen molar-refractivity contribution in [3.63, 3.8) is 0 Å². The number of alkyl carbamates (subject to hydrolysis) is 1. The van der Waals surface area contributed by atoms with Gasteiger partial charge < -0.3 is 15.4 Å². The van der Waals surface area contributed by atoms with Gasteiger partial charge in [-0.1, -0.05) is 32.0 Å². The first-order valence-electron chi connectivity index (χ1n) is 8.30. The fourth-order valence-electron chi connectivity index (χ4n) is 1.87. The Morgan fingerprint density at radius 2 is 1.58 bits per heavy atom. The largest absolute Gasteiger partial charge is 0.449 e. The number of rotatable bonds is 7. The van der Waals surface area contributed by atoms with Crippen molar-refractivity contribution in [1.29, 1.82) is 0 Å². The van der Waals surface area contributed by atoms with Crippen molar-refractivity contribution in [2.45, 2.75) is 13.8 Å². The summed E-state index contributed by atoms with van der Waals surface area (Å²) in [7, 11) is 0. The van der Waals surface area contributed by atoms with E-state index in [2.05, 4.69) is 20.9 Å². The Hall–Kier alpha value is -3.22. The molecule has 0 aromatic heterocycles. The predicted molar refractivity (Wildman–Crippen MR) is 99.9 cm³/mol. The van der Waals surface area contributed by atoms with E-state index < -0.39 is 6.09 Å². The molecule has 136 valence electrons. The highest BCUT2D eigenvalue weighted by Gasteiger charge is 2.07. The van der Waals surface area contributed by atoms with Crippen LogP contribution in [0, 0.1) is 5.92 Å². The Morgan fingerprint density at radius 1 is 0.962 bits per heavy atom. The number of hydrogen-bond donors (Lipinski definition) is 2. The lowest BCUT2D eigenvalue weighted by Gasteiger charge is -2.09. The molecule has 2 aromatic carbocycles. The van der Waals surface area contributed by atoms with E-state index in [1.165, 1.54) is 0 Å². The summed E-state index contributed by atoms with van der Waals surface area (Å²) in [6.07, 6.45) is -0.606. The Balaban J connectivity index is 1.78. The van der Waals surface area contributed by atoms with Crippen molar-refractivity contribution in [3.8, 4) is 0 Å². The molecule has 7 heteroatoms. The summed E-state index contributed by atoms with van der Waals surface area (Å²) in [5, 5.41) is 13.3. The fourth-order valence-corrected chi connectivity index (χ4v) is 1.87. The zero-order valence-electron chi connectivity index (χ0n) is 14.8. The van der Waals surface area contributed by atoms with Gasteiger partial charge in [-0.25, -0.2) is 4.79 Å². The maximum atomic E-state index is 11.8. The van der Waals surface area contributed by atoms with Crippen molar-refractivity contribution in [2.75, 3.05) is 18.5 Å². The third-order valence-electron chi connectivity index (χ3n) is 3.13. The molecule has 0 radical (unpaired) electrons. The second-order valence-corrected chi connectivity index (χ2v) is 5.98. The van der Waals surface area contributed by atoms with E-state index in [1.54, 1.807) is 24.3 Å². The number of benzene rings is 2. The number of nitrogens with one attached hydrogen (secondary N) is 2. The number of carbonyl (C=O) groups is 2. The highest BCUT2D eigenvalue weighted by atomic mass is 16.5. The van der Waals surface area contributed by atoms with Gasteiger partial charge in [0.1, 0.15) is 6.54 Å². The van der Waals surface area contributed by atoms with E-state index in [4.69, 9.17) is 4.74 Å². The molecule has 0 atom stereocenters. The Morgan fingerprint density at radius 3 is 2.19 bits per heavy atom. The van der Waals surface area contributed by atoms with Crippen LogP contribution in [0.3, 0.4) is 0 Å². The lowest BCUT2D eigenvalue weighted by molar-refractivity contribution is -0.115. The molecule has 0 heterocycles. The van der Waals surface area contributed by atoms with Crippen LogP contribution in [0.4, 0.5) is 21.9 Å². The second kappa shape index (κ2) is 9.93. The molecule has 0 spiro atoms. The third-order valence-corrected chi connectivity index (χ3v) is 3.13. The lowest BCUT2D eigenvalue weighted by atomic mass is 10.2. The van der Waals surface area contributed by atoms with E-state index in [9.17, 15) is 9.59 Å². The molecule has 0 aliphatic carbocycles. The summed E-state index contributed by atoms with van der Waals surface area (Å²) < 4.78 is 4.93. The van der Waals surface area contributed by atoms with Gasteiger partial charge in [-0.3, -0.25) is 4.79 Å². The first-order chi connectivity index (χ1) is 12.5. The van der Waals surface area contributed by atoms with Crippen molar-refractivity contribution in [3.05, 3.63) is 54.6 Å². The monoisotopic (exact) mass is 354 g/mol. The van der Waals surface area contributed by atoms with Crippen molar-refractivity contribution < 1.29 is 14.3 Å². The average Bonchev–Trinajstić information content (AvgIpc) is 2.65. The van der Waals surface area contributed by atoms with Crippen LogP contribution in [0.25, 0.3) is 0 Å². The first kappa shape index (κ1) is 19.1. The lowest BCUT2D eigenvalue weighted by Crippen LogP contribution is -2.33. The van der Waals surface area contributed by atoms with Crippen LogP contribution in [-0.2, 0) is 9.53 Å². The van der Waals surface area contributed by atoms with E-state index >= 15 is 0 Å². The van der Waals surface area contributed by atoms with Crippen LogP contribution in [0.1, 0.15) is 13.8 Å². The summed E-state index contributed by atoms with van der Waals surface area (Å²) >= 11 is 0. The zero-order valence-corrected chi connectivity index (χ0v) is 14.8. The van der Waals surface area contributed by atoms with Gasteiger partial charge in [-0.05, 0) is 42.3 Å². The molecule has 7 nitrogen and oxygen atoms in total. The van der Waals surface area contributed by atoms with Gasteiger partial charge in [0.05, 0.1) is 18.0 Å². The minimum absolute atomic E-state index is 0.160. The number of carbonyl (C=O) groups excluding carboxylic acids is 2. The van der Waals surface area contributed by atoms with Crippen LogP contribution in [-0.4, -0.2) is 25.2 Å². The number of azo groups is 1. The molecule has 0 fully saturated rings. The molecular formula is C19H22N4O3. The minimum Gasteiger partial charge on any atom is -0.449 e. The highest BCUT2D eigenvalue weighted by Crippen LogP contribution is 2.19. The number of anilines is 1. The molecular weight excluding hydrogens is 332 g/mol. The van der Waals surface area contributed by atoms with Crippen LogP contribution in [0.5, 0.6) is 0 Å². The van der Waals surface area contributed by atoms with Crippen LogP contribution >= 0.6 is 0 Å². The normalized spacial score (nSPS) is 10.7. The Kier molecular flexibility index (Phi) is 7.30. The quantitative estimate of drug-likeness (QED) is 0.721. The molecule has 2 aromatic rings. The van der Waals surface area contributed by atoms with Crippen molar-refractivity contribution in [2.24, 2.45) is 16.1 Å². The van der Waals surface area contributed by atoms with E-state index in [1.807, 2.05) is 44.2 Å². The van der Waals surface area contributed by atoms with E-state index in [0.29, 0.717) is 18.0 Å². The molecule has 0 aliphatic rings. The molecule has 2 N–H and O–H groups in total. The molecule has 2 amide bonds. The van der Waals surface area contributed by atoms with Crippen molar-refractivity contribution >= 4 is 29.1 Å². The van der Waals surface area contributed by atoms with E-state index in [-0.39, 0.29) is 18.4 Å². The number of hydrogen-bond acceptors (Lipinski definition) is 5. The average molecular weight is 354 g/mol. The smallest absolute Gasteiger partial charge is 0.407 e. The molecule has 2 rings (SSSR count). The summed E-state index contributed by atoms with van der Waals surface area (Å²) in [5.74, 6) is -0.0997.